The van der Waals surface area contributed by atoms with Crippen molar-refractivity contribution >= 4 is 5.91 Å². The standard InChI is InChI=1S/C11H17N3O2/c1-8(12)5-9-3-4-10(6-14-9)16-7-11(15)13-2/h3-4,6,8H,5,7,12H2,1-2H3,(H,13,15). The van der Waals surface area contributed by atoms with E-state index in [-0.39, 0.29) is 18.6 Å². The van der Waals surface area contributed by atoms with Crippen LogP contribution in [0.15, 0.2) is 18.3 Å². The molecule has 1 amide bonds. The quantitative estimate of drug-likeness (QED) is 0.742. The van der Waals surface area contributed by atoms with E-state index in [9.17, 15) is 4.79 Å². The maximum atomic E-state index is 10.9. The minimum absolute atomic E-state index is 0.00478. The Morgan fingerprint density at radius 3 is 2.88 bits per heavy atom. The predicted octanol–water partition coefficient (Wildman–Crippen LogP) is 0.0961. The van der Waals surface area contributed by atoms with Crippen molar-refractivity contribution in [3.05, 3.63) is 24.0 Å². The van der Waals surface area contributed by atoms with Gasteiger partial charge in [0.1, 0.15) is 5.75 Å². The summed E-state index contributed by atoms with van der Waals surface area (Å²) in [6, 6.07) is 3.72. The average Bonchev–Trinajstić information content (AvgIpc) is 2.27. The Morgan fingerprint density at radius 1 is 1.62 bits per heavy atom. The first-order valence-corrected chi connectivity index (χ1v) is 5.15. The number of nitrogens with zero attached hydrogens (tertiary/aromatic N) is 1. The van der Waals surface area contributed by atoms with Crippen molar-refractivity contribution in [1.29, 1.82) is 0 Å². The first-order chi connectivity index (χ1) is 7.61. The molecule has 5 heteroatoms. The second kappa shape index (κ2) is 6.07. The van der Waals surface area contributed by atoms with Crippen LogP contribution in [0.4, 0.5) is 0 Å². The summed E-state index contributed by atoms with van der Waals surface area (Å²) in [6.07, 6.45) is 2.33. The largest absolute Gasteiger partial charge is 0.482 e. The fraction of sp³-hybridized carbons (Fsp3) is 0.455. The Labute approximate surface area is 95.0 Å². The lowest BCUT2D eigenvalue weighted by Gasteiger charge is -2.07. The van der Waals surface area contributed by atoms with Crippen molar-refractivity contribution in [3.8, 4) is 5.75 Å². The molecular formula is C11H17N3O2. The number of amides is 1. The number of nitrogens with two attached hydrogens (primary N) is 1. The fourth-order valence-corrected chi connectivity index (χ4v) is 1.17. The van der Waals surface area contributed by atoms with Crippen LogP contribution in [-0.2, 0) is 11.2 Å². The zero-order valence-electron chi connectivity index (χ0n) is 9.56. The number of nitrogens with one attached hydrogen (secondary N) is 1. The molecular weight excluding hydrogens is 206 g/mol. The normalized spacial score (nSPS) is 11.9. The van der Waals surface area contributed by atoms with Gasteiger partial charge in [0.15, 0.2) is 6.61 Å². The molecule has 16 heavy (non-hydrogen) atoms. The van der Waals surface area contributed by atoms with Crippen molar-refractivity contribution in [2.75, 3.05) is 13.7 Å². The molecule has 3 N–H and O–H groups in total. The van der Waals surface area contributed by atoms with Gasteiger partial charge in [0, 0.05) is 25.2 Å². The van der Waals surface area contributed by atoms with Gasteiger partial charge in [-0.3, -0.25) is 9.78 Å². The van der Waals surface area contributed by atoms with Crippen LogP contribution in [0.5, 0.6) is 5.75 Å². The van der Waals surface area contributed by atoms with Gasteiger partial charge in [0.25, 0.3) is 5.91 Å². The lowest BCUT2D eigenvalue weighted by atomic mass is 10.2. The van der Waals surface area contributed by atoms with Gasteiger partial charge in [-0.2, -0.15) is 0 Å². The zero-order valence-corrected chi connectivity index (χ0v) is 9.56. The molecule has 1 aromatic heterocycles. The Hall–Kier alpha value is -1.62. The van der Waals surface area contributed by atoms with Crippen LogP contribution >= 0.6 is 0 Å². The van der Waals surface area contributed by atoms with E-state index >= 15 is 0 Å². The Balaban J connectivity index is 2.48. The minimum Gasteiger partial charge on any atom is -0.482 e. The van der Waals surface area contributed by atoms with E-state index < -0.39 is 0 Å². The summed E-state index contributed by atoms with van der Waals surface area (Å²) < 4.78 is 5.21. The van der Waals surface area contributed by atoms with Gasteiger partial charge in [0.05, 0.1) is 6.20 Å². The number of pyridine rings is 1. The summed E-state index contributed by atoms with van der Waals surface area (Å²) in [4.78, 5) is 15.1. The number of hydrogen-bond donors (Lipinski definition) is 2. The second-order valence-electron chi connectivity index (χ2n) is 3.63. The smallest absolute Gasteiger partial charge is 0.257 e. The number of likely N-dealkylation sites (N-methyl/N-ethyl adjacent to an activating group) is 1. The first kappa shape index (κ1) is 12.4. The van der Waals surface area contributed by atoms with Gasteiger partial charge in [-0.25, -0.2) is 0 Å². The van der Waals surface area contributed by atoms with Crippen LogP contribution < -0.4 is 15.8 Å². The van der Waals surface area contributed by atoms with E-state index in [4.69, 9.17) is 10.5 Å². The Kier molecular flexibility index (Phi) is 4.72. The third-order valence-corrected chi connectivity index (χ3v) is 1.98. The Morgan fingerprint density at radius 2 is 2.38 bits per heavy atom. The summed E-state index contributed by atoms with van der Waals surface area (Å²) >= 11 is 0. The monoisotopic (exact) mass is 223 g/mol. The Bertz CT molecular complexity index is 336. The lowest BCUT2D eigenvalue weighted by molar-refractivity contribution is -0.122. The van der Waals surface area contributed by atoms with Gasteiger partial charge >= 0.3 is 0 Å². The number of carbonyl (C=O) groups is 1. The van der Waals surface area contributed by atoms with Crippen molar-refractivity contribution < 1.29 is 9.53 Å². The summed E-state index contributed by atoms with van der Waals surface area (Å²) in [7, 11) is 1.57. The topological polar surface area (TPSA) is 77.2 Å². The van der Waals surface area contributed by atoms with Crippen molar-refractivity contribution in [2.24, 2.45) is 5.73 Å². The van der Waals surface area contributed by atoms with E-state index in [0.29, 0.717) is 5.75 Å². The highest BCUT2D eigenvalue weighted by Crippen LogP contribution is 2.09. The van der Waals surface area contributed by atoms with E-state index in [1.807, 2.05) is 13.0 Å². The lowest BCUT2D eigenvalue weighted by Crippen LogP contribution is -2.24. The molecule has 5 nitrogen and oxygen atoms in total. The number of aromatic nitrogens is 1. The maximum Gasteiger partial charge on any atom is 0.257 e. The molecule has 88 valence electrons. The van der Waals surface area contributed by atoms with Crippen LogP contribution in [0, 0.1) is 0 Å². The van der Waals surface area contributed by atoms with Gasteiger partial charge in [0.2, 0.25) is 0 Å². The van der Waals surface area contributed by atoms with E-state index in [1.54, 1.807) is 19.3 Å². The van der Waals surface area contributed by atoms with Crippen LogP contribution in [0.25, 0.3) is 0 Å². The minimum atomic E-state index is -0.167. The molecule has 0 saturated carbocycles. The molecule has 0 bridgehead atoms. The predicted molar refractivity (Wildman–Crippen MR) is 61.2 cm³/mol. The molecule has 0 radical (unpaired) electrons. The number of hydrogen-bond acceptors (Lipinski definition) is 4. The van der Waals surface area contributed by atoms with Gasteiger partial charge in [-0.15, -0.1) is 0 Å². The third kappa shape index (κ3) is 4.27. The van der Waals surface area contributed by atoms with Gasteiger partial charge in [-0.1, -0.05) is 0 Å². The summed E-state index contributed by atoms with van der Waals surface area (Å²) in [5.74, 6) is 0.414. The van der Waals surface area contributed by atoms with Crippen molar-refractivity contribution in [1.82, 2.24) is 10.3 Å². The van der Waals surface area contributed by atoms with E-state index in [1.165, 1.54) is 0 Å². The average molecular weight is 223 g/mol. The molecule has 0 aliphatic carbocycles. The van der Waals surface area contributed by atoms with Crippen LogP contribution in [-0.4, -0.2) is 30.6 Å². The van der Waals surface area contributed by atoms with Crippen LogP contribution in [0.1, 0.15) is 12.6 Å². The third-order valence-electron chi connectivity index (χ3n) is 1.98. The molecule has 1 rings (SSSR count). The molecule has 0 spiro atoms. The molecule has 0 aliphatic rings. The molecule has 0 aliphatic heterocycles. The first-order valence-electron chi connectivity index (χ1n) is 5.15. The SMILES string of the molecule is CNC(=O)COc1ccc(CC(C)N)nc1. The van der Waals surface area contributed by atoms with Crippen molar-refractivity contribution in [3.63, 3.8) is 0 Å². The zero-order chi connectivity index (χ0) is 12.0. The highest BCUT2D eigenvalue weighted by atomic mass is 16.5. The molecule has 0 aromatic carbocycles. The van der Waals surface area contributed by atoms with Crippen LogP contribution in [0.2, 0.25) is 0 Å². The van der Waals surface area contributed by atoms with Crippen molar-refractivity contribution in [2.45, 2.75) is 19.4 Å². The fourth-order valence-electron chi connectivity index (χ4n) is 1.17. The van der Waals surface area contributed by atoms with Gasteiger partial charge < -0.3 is 15.8 Å². The van der Waals surface area contributed by atoms with Gasteiger partial charge in [-0.05, 0) is 19.1 Å². The molecule has 1 heterocycles. The van der Waals surface area contributed by atoms with Crippen LogP contribution in [0.3, 0.4) is 0 Å². The van der Waals surface area contributed by atoms with E-state index in [0.717, 1.165) is 12.1 Å². The number of carbonyl (C=O) groups excluding carboxylic acids is 1. The second-order valence-corrected chi connectivity index (χ2v) is 3.63. The molecule has 1 aromatic rings. The number of rotatable bonds is 5. The summed E-state index contributed by atoms with van der Waals surface area (Å²) in [5, 5.41) is 2.47. The summed E-state index contributed by atoms with van der Waals surface area (Å²) in [6.45, 7) is 1.93. The van der Waals surface area contributed by atoms with E-state index in [2.05, 4.69) is 10.3 Å². The summed E-state index contributed by atoms with van der Waals surface area (Å²) in [5.41, 5.74) is 6.57. The maximum absolute atomic E-state index is 10.9. The molecule has 0 saturated heterocycles. The molecule has 1 unspecified atom stereocenters. The molecule has 1 atom stereocenters. The molecule has 0 fully saturated rings. The number of ether oxygens (including phenoxy) is 1. The highest BCUT2D eigenvalue weighted by Gasteiger charge is 2.02. The highest BCUT2D eigenvalue weighted by molar-refractivity contribution is 5.77.